The van der Waals surface area contributed by atoms with E-state index < -0.39 is 0 Å². The Morgan fingerprint density at radius 2 is 1.93 bits per heavy atom. The van der Waals surface area contributed by atoms with E-state index in [1.54, 1.807) is 0 Å². The highest BCUT2D eigenvalue weighted by molar-refractivity contribution is 5.67. The van der Waals surface area contributed by atoms with Crippen molar-refractivity contribution in [3.63, 3.8) is 0 Å². The first-order valence-electron chi connectivity index (χ1n) is 5.36. The van der Waals surface area contributed by atoms with Crippen LogP contribution < -0.4 is 5.32 Å². The molecule has 0 radical (unpaired) electrons. The number of para-hydroxylation sites is 1. The minimum absolute atomic E-state index is 1.09. The van der Waals surface area contributed by atoms with E-state index in [-0.39, 0.29) is 0 Å². The Labute approximate surface area is 89.3 Å². The Hall–Kier alpha value is -1.70. The third-order valence-electron chi connectivity index (χ3n) is 2.97. The summed E-state index contributed by atoms with van der Waals surface area (Å²) >= 11 is 0. The van der Waals surface area contributed by atoms with Crippen molar-refractivity contribution < 1.29 is 0 Å². The molecule has 1 aromatic carbocycles. The van der Waals surface area contributed by atoms with Gasteiger partial charge < -0.3 is 10.3 Å². The van der Waals surface area contributed by atoms with Crippen LogP contribution in [0.2, 0.25) is 0 Å². The Morgan fingerprint density at radius 1 is 1.07 bits per heavy atom. The fourth-order valence-electron chi connectivity index (χ4n) is 2.22. The zero-order valence-electron chi connectivity index (χ0n) is 8.80. The number of aromatic nitrogens is 1. The van der Waals surface area contributed by atoms with Gasteiger partial charge >= 0.3 is 0 Å². The van der Waals surface area contributed by atoms with Crippen molar-refractivity contribution in [1.29, 1.82) is 0 Å². The molecule has 0 atom stereocenters. The Kier molecular flexibility index (Phi) is 1.81. The van der Waals surface area contributed by atoms with Gasteiger partial charge in [0.25, 0.3) is 0 Å². The van der Waals surface area contributed by atoms with Crippen LogP contribution in [0.15, 0.2) is 30.3 Å². The monoisotopic (exact) mass is 198 g/mol. The molecule has 2 heterocycles. The van der Waals surface area contributed by atoms with Gasteiger partial charge in [-0.15, -0.1) is 0 Å². The minimum Gasteiger partial charge on any atom is -0.361 e. The van der Waals surface area contributed by atoms with E-state index in [1.807, 2.05) is 0 Å². The average molecular weight is 198 g/mol. The largest absolute Gasteiger partial charge is 0.361 e. The molecule has 0 amide bonds. The highest BCUT2D eigenvalue weighted by Crippen LogP contribution is 2.29. The summed E-state index contributed by atoms with van der Waals surface area (Å²) in [4.78, 5) is 3.41. The van der Waals surface area contributed by atoms with Crippen LogP contribution in [0, 0.1) is 6.92 Å². The van der Waals surface area contributed by atoms with Gasteiger partial charge in [0.05, 0.1) is 5.69 Å². The summed E-state index contributed by atoms with van der Waals surface area (Å²) in [7, 11) is 0. The van der Waals surface area contributed by atoms with Crippen molar-refractivity contribution in [1.82, 2.24) is 4.98 Å². The third-order valence-corrected chi connectivity index (χ3v) is 2.97. The molecule has 0 aliphatic carbocycles. The fraction of sp³-hybridized carbons (Fsp3) is 0.231. The SMILES string of the molecule is Cc1cc2c([nH]1)CCc1ccccc1N2. The minimum atomic E-state index is 1.09. The molecule has 1 aliphatic rings. The molecule has 2 N–H and O–H groups in total. The molecule has 76 valence electrons. The molecular weight excluding hydrogens is 184 g/mol. The predicted molar refractivity (Wildman–Crippen MR) is 62.7 cm³/mol. The number of rotatable bonds is 0. The topological polar surface area (TPSA) is 27.8 Å². The number of anilines is 2. The van der Waals surface area contributed by atoms with Gasteiger partial charge in [-0.25, -0.2) is 0 Å². The first-order valence-corrected chi connectivity index (χ1v) is 5.36. The highest BCUT2D eigenvalue weighted by atomic mass is 14.9. The van der Waals surface area contributed by atoms with Gasteiger partial charge in [0.15, 0.2) is 0 Å². The average Bonchev–Trinajstić information content (AvgIpc) is 2.49. The molecule has 15 heavy (non-hydrogen) atoms. The van der Waals surface area contributed by atoms with Gasteiger partial charge in [-0.2, -0.15) is 0 Å². The molecule has 0 saturated carbocycles. The fourth-order valence-corrected chi connectivity index (χ4v) is 2.22. The molecule has 1 aliphatic heterocycles. The lowest BCUT2D eigenvalue weighted by atomic mass is 10.1. The van der Waals surface area contributed by atoms with Gasteiger partial charge in [-0.3, -0.25) is 0 Å². The second-order valence-electron chi connectivity index (χ2n) is 4.13. The molecule has 0 fully saturated rings. The number of aromatic amines is 1. The molecule has 2 heteroatoms. The van der Waals surface area contributed by atoms with E-state index in [2.05, 4.69) is 47.6 Å². The lowest BCUT2D eigenvalue weighted by molar-refractivity contribution is 0.933. The molecule has 0 spiro atoms. The first kappa shape index (κ1) is 8.60. The summed E-state index contributed by atoms with van der Waals surface area (Å²) in [5, 5.41) is 3.49. The smallest absolute Gasteiger partial charge is 0.0597 e. The van der Waals surface area contributed by atoms with Gasteiger partial charge in [-0.1, -0.05) is 18.2 Å². The standard InChI is InChI=1S/C13H14N2/c1-9-8-13-12(14-9)7-6-10-4-2-3-5-11(10)15-13/h2-5,8,14-15H,6-7H2,1H3. The number of aryl methyl sites for hydroxylation is 3. The summed E-state index contributed by atoms with van der Waals surface area (Å²) in [6.07, 6.45) is 2.20. The van der Waals surface area contributed by atoms with Crippen molar-refractivity contribution in [3.05, 3.63) is 47.3 Å². The predicted octanol–water partition coefficient (Wildman–Crippen LogP) is 3.17. The van der Waals surface area contributed by atoms with Crippen LogP contribution in [0.25, 0.3) is 0 Å². The van der Waals surface area contributed by atoms with Gasteiger partial charge in [-0.05, 0) is 37.5 Å². The first-order chi connectivity index (χ1) is 7.33. The molecule has 0 bridgehead atoms. The molecule has 2 nitrogen and oxygen atoms in total. The van der Waals surface area contributed by atoms with Crippen LogP contribution >= 0.6 is 0 Å². The molecule has 3 rings (SSSR count). The van der Waals surface area contributed by atoms with Crippen molar-refractivity contribution >= 4 is 11.4 Å². The van der Waals surface area contributed by atoms with Crippen LogP contribution in [0.3, 0.4) is 0 Å². The van der Waals surface area contributed by atoms with Crippen LogP contribution in [-0.2, 0) is 12.8 Å². The number of fused-ring (bicyclic) bond motifs is 2. The second kappa shape index (κ2) is 3.16. The van der Waals surface area contributed by atoms with Crippen LogP contribution in [0.4, 0.5) is 11.4 Å². The van der Waals surface area contributed by atoms with Gasteiger partial charge in [0.2, 0.25) is 0 Å². The summed E-state index contributed by atoms with van der Waals surface area (Å²) in [6.45, 7) is 2.10. The van der Waals surface area contributed by atoms with Gasteiger partial charge in [0.1, 0.15) is 0 Å². The molecule has 2 aromatic rings. The maximum Gasteiger partial charge on any atom is 0.0597 e. The maximum atomic E-state index is 3.49. The molecule has 0 unspecified atom stereocenters. The summed E-state index contributed by atoms with van der Waals surface area (Å²) in [5.74, 6) is 0. The normalized spacial score (nSPS) is 13.7. The zero-order chi connectivity index (χ0) is 10.3. The summed E-state index contributed by atoms with van der Waals surface area (Å²) < 4.78 is 0. The van der Waals surface area contributed by atoms with E-state index in [0.717, 1.165) is 12.8 Å². The van der Waals surface area contributed by atoms with Crippen molar-refractivity contribution in [2.24, 2.45) is 0 Å². The number of H-pyrrole nitrogens is 1. The van der Waals surface area contributed by atoms with Crippen LogP contribution in [-0.4, -0.2) is 4.98 Å². The Morgan fingerprint density at radius 3 is 2.87 bits per heavy atom. The van der Waals surface area contributed by atoms with Crippen molar-refractivity contribution in [2.75, 3.05) is 5.32 Å². The Balaban J connectivity index is 2.08. The number of hydrogen-bond acceptors (Lipinski definition) is 1. The van der Waals surface area contributed by atoms with Gasteiger partial charge in [0, 0.05) is 17.1 Å². The summed E-state index contributed by atoms with van der Waals surface area (Å²) in [6, 6.07) is 10.7. The van der Waals surface area contributed by atoms with Crippen LogP contribution in [0.1, 0.15) is 17.0 Å². The second-order valence-corrected chi connectivity index (χ2v) is 4.13. The number of nitrogens with one attached hydrogen (secondary N) is 2. The third kappa shape index (κ3) is 1.42. The van der Waals surface area contributed by atoms with E-state index >= 15 is 0 Å². The number of benzene rings is 1. The number of hydrogen-bond donors (Lipinski definition) is 2. The van der Waals surface area contributed by atoms with Crippen LogP contribution in [0.5, 0.6) is 0 Å². The lowest BCUT2D eigenvalue weighted by Gasteiger charge is -2.06. The van der Waals surface area contributed by atoms with E-state index in [0.29, 0.717) is 0 Å². The van der Waals surface area contributed by atoms with E-state index in [9.17, 15) is 0 Å². The van der Waals surface area contributed by atoms with E-state index in [4.69, 9.17) is 0 Å². The van der Waals surface area contributed by atoms with E-state index in [1.165, 1.54) is 28.3 Å². The quantitative estimate of drug-likeness (QED) is 0.668. The van der Waals surface area contributed by atoms with Crippen molar-refractivity contribution in [2.45, 2.75) is 19.8 Å². The van der Waals surface area contributed by atoms with Crippen molar-refractivity contribution in [3.8, 4) is 0 Å². The molecule has 1 aromatic heterocycles. The zero-order valence-corrected chi connectivity index (χ0v) is 8.80. The highest BCUT2D eigenvalue weighted by Gasteiger charge is 2.13. The maximum absolute atomic E-state index is 3.49. The Bertz CT molecular complexity index is 497. The lowest BCUT2D eigenvalue weighted by Crippen LogP contribution is -1.91. The summed E-state index contributed by atoms with van der Waals surface area (Å²) in [5.41, 5.74) is 6.43. The molecular formula is C13H14N2. The molecule has 0 saturated heterocycles.